The number of rotatable bonds is 6. The average molecular weight is 250 g/mol. The second-order valence-electron chi connectivity index (χ2n) is 4.03. The molecular weight excluding hydrogens is 232 g/mol. The molecule has 5 nitrogen and oxygen atoms in total. The molecule has 0 radical (unpaired) electrons. The minimum absolute atomic E-state index is 0.0640. The van der Waals surface area contributed by atoms with Crippen LogP contribution in [0.1, 0.15) is 31.4 Å². The molecule has 1 aromatic rings. The molecule has 0 saturated heterocycles. The second-order valence-corrected chi connectivity index (χ2v) is 4.03. The van der Waals surface area contributed by atoms with Crippen LogP contribution in [-0.2, 0) is 4.79 Å². The number of carbonyl (C=O) groups excluding carboxylic acids is 1. The molecule has 0 spiro atoms. The second kappa shape index (κ2) is 7.32. The number of carbonyl (C=O) groups is 2. The molecule has 5 heteroatoms. The molecule has 2 amide bonds. The van der Waals surface area contributed by atoms with Gasteiger partial charge in [0.25, 0.3) is 0 Å². The van der Waals surface area contributed by atoms with E-state index in [4.69, 9.17) is 5.11 Å². The van der Waals surface area contributed by atoms with E-state index in [0.717, 1.165) is 5.56 Å². The van der Waals surface area contributed by atoms with Crippen LogP contribution >= 0.6 is 0 Å². The molecule has 1 aromatic carbocycles. The number of carboxylic acid groups (broad SMARTS) is 1. The lowest BCUT2D eigenvalue weighted by atomic mass is 10.1. The summed E-state index contributed by atoms with van der Waals surface area (Å²) >= 11 is 0. The molecule has 1 unspecified atom stereocenters. The zero-order chi connectivity index (χ0) is 13.4. The van der Waals surface area contributed by atoms with Crippen molar-refractivity contribution >= 4 is 12.0 Å². The normalized spacial score (nSPS) is 11.6. The Morgan fingerprint density at radius 2 is 1.94 bits per heavy atom. The monoisotopic (exact) mass is 250 g/mol. The van der Waals surface area contributed by atoms with Gasteiger partial charge in [-0.15, -0.1) is 0 Å². The zero-order valence-corrected chi connectivity index (χ0v) is 10.3. The van der Waals surface area contributed by atoms with E-state index in [1.807, 2.05) is 37.3 Å². The van der Waals surface area contributed by atoms with Crippen LogP contribution in [0.4, 0.5) is 4.79 Å². The molecule has 3 N–H and O–H groups in total. The Balaban J connectivity index is 2.26. The lowest BCUT2D eigenvalue weighted by molar-refractivity contribution is -0.137. The molecule has 0 heterocycles. The molecule has 0 aromatic heterocycles. The summed E-state index contributed by atoms with van der Waals surface area (Å²) in [6.45, 7) is 2.26. The van der Waals surface area contributed by atoms with Crippen LogP contribution in [0.3, 0.4) is 0 Å². The molecule has 0 bridgehead atoms. The minimum Gasteiger partial charge on any atom is -0.481 e. The lowest BCUT2D eigenvalue weighted by Crippen LogP contribution is -2.37. The molecule has 0 aliphatic rings. The van der Waals surface area contributed by atoms with Gasteiger partial charge in [-0.3, -0.25) is 4.79 Å². The smallest absolute Gasteiger partial charge is 0.315 e. The van der Waals surface area contributed by atoms with Gasteiger partial charge in [0.1, 0.15) is 0 Å². The van der Waals surface area contributed by atoms with Gasteiger partial charge in [-0.2, -0.15) is 0 Å². The predicted molar refractivity (Wildman–Crippen MR) is 68.3 cm³/mol. The van der Waals surface area contributed by atoms with Gasteiger partial charge in [0.15, 0.2) is 0 Å². The number of hydrogen-bond acceptors (Lipinski definition) is 2. The van der Waals surface area contributed by atoms with Gasteiger partial charge in [0.05, 0.1) is 6.04 Å². The minimum atomic E-state index is -0.852. The maximum absolute atomic E-state index is 11.5. The van der Waals surface area contributed by atoms with Crippen LogP contribution in [0.15, 0.2) is 30.3 Å². The number of amides is 2. The fourth-order valence-electron chi connectivity index (χ4n) is 1.51. The third-order valence-corrected chi connectivity index (χ3v) is 2.50. The first-order chi connectivity index (χ1) is 8.59. The summed E-state index contributed by atoms with van der Waals surface area (Å²) in [5.41, 5.74) is 1.03. The van der Waals surface area contributed by atoms with Gasteiger partial charge in [0, 0.05) is 13.0 Å². The van der Waals surface area contributed by atoms with Gasteiger partial charge >= 0.3 is 12.0 Å². The van der Waals surface area contributed by atoms with Crippen molar-refractivity contribution in [3.05, 3.63) is 35.9 Å². The maximum Gasteiger partial charge on any atom is 0.315 e. The van der Waals surface area contributed by atoms with Crippen molar-refractivity contribution in [2.75, 3.05) is 6.54 Å². The molecule has 0 saturated carbocycles. The molecule has 0 aliphatic carbocycles. The largest absolute Gasteiger partial charge is 0.481 e. The van der Waals surface area contributed by atoms with Gasteiger partial charge in [-0.1, -0.05) is 30.3 Å². The fourth-order valence-corrected chi connectivity index (χ4v) is 1.51. The quantitative estimate of drug-likeness (QED) is 0.675. The van der Waals surface area contributed by atoms with Crippen molar-refractivity contribution in [2.24, 2.45) is 0 Å². The highest BCUT2D eigenvalue weighted by atomic mass is 16.4. The van der Waals surface area contributed by atoms with Crippen LogP contribution in [-0.4, -0.2) is 23.7 Å². The number of carboxylic acids is 1. The van der Waals surface area contributed by atoms with Gasteiger partial charge in [-0.05, 0) is 18.9 Å². The maximum atomic E-state index is 11.5. The van der Waals surface area contributed by atoms with Crippen molar-refractivity contribution in [2.45, 2.75) is 25.8 Å². The summed E-state index contributed by atoms with van der Waals surface area (Å²) in [6, 6.07) is 9.27. The molecule has 0 aliphatic heterocycles. The van der Waals surface area contributed by atoms with Crippen molar-refractivity contribution in [3.63, 3.8) is 0 Å². The summed E-state index contributed by atoms with van der Waals surface area (Å²) in [5.74, 6) is -0.852. The van der Waals surface area contributed by atoms with E-state index in [-0.39, 0.29) is 18.5 Å². The summed E-state index contributed by atoms with van der Waals surface area (Å²) in [6.07, 6.45) is 0.497. The van der Waals surface area contributed by atoms with E-state index in [1.54, 1.807) is 0 Å². The Kier molecular flexibility index (Phi) is 5.70. The topological polar surface area (TPSA) is 78.4 Å². The van der Waals surface area contributed by atoms with Crippen LogP contribution < -0.4 is 10.6 Å². The number of benzene rings is 1. The van der Waals surface area contributed by atoms with E-state index in [9.17, 15) is 9.59 Å². The molecule has 1 atom stereocenters. The molecule has 98 valence electrons. The molecule has 18 heavy (non-hydrogen) atoms. The van der Waals surface area contributed by atoms with Gasteiger partial charge in [-0.25, -0.2) is 4.79 Å². The highest BCUT2D eigenvalue weighted by molar-refractivity contribution is 5.74. The van der Waals surface area contributed by atoms with E-state index in [1.165, 1.54) is 0 Å². The number of nitrogens with one attached hydrogen (secondary N) is 2. The van der Waals surface area contributed by atoms with Gasteiger partial charge in [0.2, 0.25) is 0 Å². The van der Waals surface area contributed by atoms with Crippen LogP contribution in [0.25, 0.3) is 0 Å². The molecular formula is C13H18N2O3. The first-order valence-corrected chi connectivity index (χ1v) is 5.90. The van der Waals surface area contributed by atoms with Crippen molar-refractivity contribution in [3.8, 4) is 0 Å². The lowest BCUT2D eigenvalue weighted by Gasteiger charge is -2.14. The third-order valence-electron chi connectivity index (χ3n) is 2.50. The summed E-state index contributed by atoms with van der Waals surface area (Å²) in [7, 11) is 0. The Morgan fingerprint density at radius 1 is 1.28 bits per heavy atom. The van der Waals surface area contributed by atoms with Crippen molar-refractivity contribution in [1.82, 2.24) is 10.6 Å². The highest BCUT2D eigenvalue weighted by Gasteiger charge is 2.08. The number of hydrogen-bond donors (Lipinski definition) is 3. The first-order valence-electron chi connectivity index (χ1n) is 5.90. The SMILES string of the molecule is CC(NC(=O)NCCCC(=O)O)c1ccccc1. The van der Waals surface area contributed by atoms with E-state index in [2.05, 4.69) is 10.6 Å². The van der Waals surface area contributed by atoms with Crippen LogP contribution in [0.2, 0.25) is 0 Å². The van der Waals surface area contributed by atoms with E-state index >= 15 is 0 Å². The first kappa shape index (κ1) is 14.0. The molecule has 1 rings (SSSR count). The Labute approximate surface area is 106 Å². The van der Waals surface area contributed by atoms with Crippen LogP contribution in [0.5, 0.6) is 0 Å². The fraction of sp³-hybridized carbons (Fsp3) is 0.385. The highest BCUT2D eigenvalue weighted by Crippen LogP contribution is 2.10. The Bertz CT molecular complexity index is 392. The summed E-state index contributed by atoms with van der Waals surface area (Å²) in [4.78, 5) is 21.8. The summed E-state index contributed by atoms with van der Waals surface area (Å²) in [5, 5.41) is 13.9. The Hall–Kier alpha value is -2.04. The van der Waals surface area contributed by atoms with Crippen molar-refractivity contribution < 1.29 is 14.7 Å². The average Bonchev–Trinajstić information content (AvgIpc) is 2.35. The van der Waals surface area contributed by atoms with Gasteiger partial charge < -0.3 is 15.7 Å². The zero-order valence-electron chi connectivity index (χ0n) is 10.3. The predicted octanol–water partition coefficient (Wildman–Crippen LogP) is 1.91. The molecule has 0 fully saturated rings. The summed E-state index contributed by atoms with van der Waals surface area (Å²) < 4.78 is 0. The standard InChI is InChI=1S/C13H18N2O3/c1-10(11-6-3-2-4-7-11)15-13(18)14-9-5-8-12(16)17/h2-4,6-7,10H,5,8-9H2,1H3,(H,16,17)(H2,14,15,18). The van der Waals surface area contributed by atoms with E-state index < -0.39 is 5.97 Å². The third kappa shape index (κ3) is 5.34. The van der Waals surface area contributed by atoms with Crippen LogP contribution in [0, 0.1) is 0 Å². The number of urea groups is 1. The number of aliphatic carboxylic acids is 1. The van der Waals surface area contributed by atoms with Crippen molar-refractivity contribution in [1.29, 1.82) is 0 Å². The van der Waals surface area contributed by atoms with E-state index in [0.29, 0.717) is 13.0 Å². The Morgan fingerprint density at radius 3 is 2.56 bits per heavy atom.